The van der Waals surface area contributed by atoms with Gasteiger partial charge < -0.3 is 14.4 Å². The van der Waals surface area contributed by atoms with Crippen molar-refractivity contribution in [1.29, 1.82) is 0 Å². The Hall–Kier alpha value is -5.90. The summed E-state index contributed by atoms with van der Waals surface area (Å²) >= 11 is 7.27. The van der Waals surface area contributed by atoms with Crippen LogP contribution in [0.5, 0.6) is 0 Å². The van der Waals surface area contributed by atoms with E-state index in [4.69, 9.17) is 11.6 Å². The highest BCUT2D eigenvalue weighted by atomic mass is 35.5. The molecule has 0 saturated heterocycles. The number of rotatable bonds is 31. The summed E-state index contributed by atoms with van der Waals surface area (Å²) in [4.78, 5) is 5.65. The van der Waals surface area contributed by atoms with E-state index in [-0.39, 0.29) is 21.1 Å². The van der Waals surface area contributed by atoms with Gasteiger partial charge in [0.15, 0.2) is 31.1 Å². The molecule has 4 aliphatic rings. The highest BCUT2D eigenvalue weighted by Gasteiger charge is 2.48. The minimum absolute atomic E-state index is 0.0860. The number of hydrogen-bond donors (Lipinski definition) is 0. The number of aryl methyl sites for hydroxylation is 3. The number of halogens is 1. The predicted molar refractivity (Wildman–Crippen MR) is 421 cm³/mol. The van der Waals surface area contributed by atoms with Crippen LogP contribution in [0.2, 0.25) is 0 Å². The SMILES string of the molecule is CCCCCCCN1C(=CC(Cl)=CC2=[N+](CCCCCCC)c3ccc(S(C)(=O)=O)cc3C2(C)C)C(C)(C)c2cc(C)ccc21.CCCCCCCN1C(=CC=CC2=[N+](CCCCCCC)c3ccc(S(C)(=O)=O)cc3C2(C)C)C(C)(C)c2cc(C)ccc21.Cc1ccc(S(=O)(=O)[O-])cc1. The van der Waals surface area contributed by atoms with Crippen LogP contribution in [0.15, 0.2) is 159 Å². The highest BCUT2D eigenvalue weighted by molar-refractivity contribution is 7.91. The Balaban J connectivity index is 0.000000243. The zero-order valence-electron chi connectivity index (χ0n) is 63.8. The van der Waals surface area contributed by atoms with Gasteiger partial charge in [-0.05, 0) is 146 Å². The van der Waals surface area contributed by atoms with E-state index in [0.29, 0.717) is 14.8 Å². The van der Waals surface area contributed by atoms with Gasteiger partial charge >= 0.3 is 0 Å². The largest absolute Gasteiger partial charge is 0.744 e. The quantitative estimate of drug-likeness (QED) is 0.0241. The van der Waals surface area contributed by atoms with Gasteiger partial charge in [0, 0.05) is 112 Å². The fraction of sp³-hybridized carbons (Fsp3) is 0.529. The predicted octanol–water partition coefficient (Wildman–Crippen LogP) is 21.4. The molecule has 0 unspecified atom stereocenters. The summed E-state index contributed by atoms with van der Waals surface area (Å²) in [6.45, 7) is 37.3. The van der Waals surface area contributed by atoms with Crippen molar-refractivity contribution in [1.82, 2.24) is 0 Å². The molecule has 100 heavy (non-hydrogen) atoms. The van der Waals surface area contributed by atoms with Gasteiger partial charge in [0.05, 0.1) is 25.5 Å². The smallest absolute Gasteiger partial charge is 0.209 e. The molecule has 546 valence electrons. The van der Waals surface area contributed by atoms with Crippen molar-refractivity contribution in [2.45, 2.75) is 269 Å². The Morgan fingerprint density at radius 3 is 1.23 bits per heavy atom. The monoisotopic (exact) mass is 1440 g/mol. The van der Waals surface area contributed by atoms with Crippen LogP contribution in [-0.2, 0) is 51.5 Å². The summed E-state index contributed by atoms with van der Waals surface area (Å²) in [7, 11) is -10.9. The van der Waals surface area contributed by atoms with Crippen molar-refractivity contribution in [2.24, 2.45) is 0 Å². The molecule has 9 rings (SSSR count). The lowest BCUT2D eigenvalue weighted by atomic mass is 9.81. The van der Waals surface area contributed by atoms with E-state index < -0.39 is 35.2 Å². The molecule has 0 aromatic heterocycles. The third-order valence-electron chi connectivity index (χ3n) is 21.0. The van der Waals surface area contributed by atoms with Gasteiger partial charge in [0.1, 0.15) is 23.2 Å². The van der Waals surface area contributed by atoms with Crippen molar-refractivity contribution in [3.63, 3.8) is 0 Å². The molecule has 0 bridgehead atoms. The maximum absolute atomic E-state index is 12.5. The summed E-state index contributed by atoms with van der Waals surface area (Å²) in [5.41, 5.74) is 17.3. The van der Waals surface area contributed by atoms with Gasteiger partial charge in [-0.15, -0.1) is 0 Å². The van der Waals surface area contributed by atoms with Crippen LogP contribution in [0.25, 0.3) is 0 Å². The van der Waals surface area contributed by atoms with Crippen molar-refractivity contribution in [2.75, 3.05) is 48.5 Å². The van der Waals surface area contributed by atoms with Gasteiger partial charge in [-0.25, -0.2) is 25.3 Å². The molecule has 4 aliphatic heterocycles. The molecule has 0 fully saturated rings. The first kappa shape index (κ1) is 81.4. The molecule has 15 heteroatoms. The summed E-state index contributed by atoms with van der Waals surface area (Å²) in [6.07, 6.45) is 38.4. The number of sulfone groups is 2. The van der Waals surface area contributed by atoms with Crippen molar-refractivity contribution in [3.8, 4) is 0 Å². The molecule has 0 radical (unpaired) electrons. The van der Waals surface area contributed by atoms with Crippen molar-refractivity contribution >= 4 is 75.6 Å². The highest BCUT2D eigenvalue weighted by Crippen LogP contribution is 2.51. The van der Waals surface area contributed by atoms with Crippen LogP contribution in [-0.4, -0.2) is 89.1 Å². The average Bonchev–Trinajstić information content (AvgIpc) is 1.62. The minimum atomic E-state index is -4.27. The fourth-order valence-corrected chi connectivity index (χ4v) is 16.9. The van der Waals surface area contributed by atoms with E-state index in [9.17, 15) is 29.8 Å². The molecule has 0 atom stereocenters. The number of fused-ring (bicyclic) bond motifs is 4. The molecule has 4 heterocycles. The number of unbranched alkanes of at least 4 members (excludes halogenated alkanes) is 16. The van der Waals surface area contributed by atoms with Crippen LogP contribution < -0.4 is 9.80 Å². The molecule has 0 amide bonds. The molecule has 0 saturated carbocycles. The standard InChI is InChI=1S/C39H56ClN2O2S.C39H57N2O2S.C7H8O3S/c1-9-11-13-15-17-23-41-34-21-19-29(3)25-32(34)38(4,5)36(41)26-30(40)27-37-39(6,7)33-28-31(45(8,43)44)20-22-35(33)42(37)24-18-16-14-12-10-2;1-9-11-13-15-17-26-40-34-24-22-30(3)28-32(34)38(4,5)36(40)20-19-21-37-39(6,7)33-29-31(44(8,42)43)23-25-35(33)41(37)27-18-16-14-12-10-2;1-6-2-4-7(5-3-6)11(8,9)10/h19-22,25-28H,9-18,23-24H2,1-8H3;19-25,28-29H,9-18,26-27H2,1-8H3;2-5H,1H3,(H,8,9,10)/q2*+1;/p-1. The number of nitrogens with zero attached hydrogens (tertiary/aromatic N) is 4. The zero-order valence-corrected chi connectivity index (χ0v) is 67.0. The van der Waals surface area contributed by atoms with Gasteiger partial charge in [-0.2, -0.15) is 9.15 Å². The summed E-state index contributed by atoms with van der Waals surface area (Å²) < 4.78 is 86.0. The summed E-state index contributed by atoms with van der Waals surface area (Å²) in [5.74, 6) is 0. The fourth-order valence-electron chi connectivity index (χ4n) is 15.0. The topological polar surface area (TPSA) is 138 Å². The number of hydrogen-bond acceptors (Lipinski definition) is 9. The summed E-state index contributed by atoms with van der Waals surface area (Å²) in [6, 6.07) is 30.9. The second-order valence-corrected chi connectivity index (χ2v) is 36.6. The molecule has 0 N–H and O–H groups in total. The first-order chi connectivity index (χ1) is 47.1. The van der Waals surface area contributed by atoms with Crippen LogP contribution in [0.1, 0.15) is 250 Å². The normalized spacial score (nSPS) is 17.4. The Bertz CT molecular complexity index is 4230. The Morgan fingerprint density at radius 1 is 0.440 bits per heavy atom. The molecular formula is C85H120ClN4O7S3+. The lowest BCUT2D eigenvalue weighted by Gasteiger charge is -2.27. The number of anilines is 2. The van der Waals surface area contributed by atoms with E-state index in [1.165, 1.54) is 185 Å². The maximum Gasteiger partial charge on any atom is 0.209 e. The van der Waals surface area contributed by atoms with Gasteiger partial charge in [-0.1, -0.05) is 216 Å². The van der Waals surface area contributed by atoms with E-state index in [1.54, 1.807) is 24.3 Å². The van der Waals surface area contributed by atoms with Gasteiger partial charge in [0.2, 0.25) is 11.4 Å². The second-order valence-electron chi connectivity index (χ2n) is 30.7. The zero-order chi connectivity index (χ0) is 73.6. The molecule has 5 aromatic rings. The lowest BCUT2D eigenvalue weighted by molar-refractivity contribution is -0.438. The summed E-state index contributed by atoms with van der Waals surface area (Å²) in [5, 5.41) is 0.703. The Morgan fingerprint density at radius 2 is 0.810 bits per heavy atom. The van der Waals surface area contributed by atoms with Crippen molar-refractivity contribution in [3.05, 3.63) is 183 Å². The Labute approximate surface area is 610 Å². The van der Waals surface area contributed by atoms with Crippen LogP contribution in [0.3, 0.4) is 0 Å². The first-order valence-corrected chi connectivity index (χ1v) is 42.9. The van der Waals surface area contributed by atoms with Gasteiger partial charge in [-0.3, -0.25) is 0 Å². The minimum Gasteiger partial charge on any atom is -0.744 e. The maximum atomic E-state index is 12.5. The van der Waals surface area contributed by atoms with Crippen LogP contribution in [0.4, 0.5) is 22.7 Å². The molecular weight excluding hydrogens is 1320 g/mol. The van der Waals surface area contributed by atoms with Crippen LogP contribution >= 0.6 is 11.6 Å². The molecule has 0 spiro atoms. The van der Waals surface area contributed by atoms with E-state index >= 15 is 0 Å². The van der Waals surface area contributed by atoms with E-state index in [1.807, 2.05) is 31.2 Å². The van der Waals surface area contributed by atoms with Gasteiger partial charge in [0.25, 0.3) is 0 Å². The molecule has 0 aliphatic carbocycles. The average molecular weight is 1440 g/mol. The second kappa shape index (κ2) is 35.1. The molecule has 5 aromatic carbocycles. The third kappa shape index (κ3) is 19.9. The Kier molecular flexibility index (Phi) is 28.5. The number of allylic oxidation sites excluding steroid dienone is 8. The van der Waals surface area contributed by atoms with Crippen LogP contribution in [0, 0.1) is 20.8 Å². The third-order valence-corrected chi connectivity index (χ3v) is 24.3. The van der Waals surface area contributed by atoms with E-state index in [2.05, 4.69) is 183 Å². The van der Waals surface area contributed by atoms with Crippen molar-refractivity contribution < 1.29 is 39.0 Å². The van der Waals surface area contributed by atoms with E-state index in [0.717, 1.165) is 79.2 Å². The lowest BCUT2D eigenvalue weighted by Crippen LogP contribution is -2.29. The number of benzene rings is 5. The first-order valence-electron chi connectivity index (χ1n) is 37.3. The molecule has 11 nitrogen and oxygen atoms in total.